The van der Waals surface area contributed by atoms with E-state index in [-0.39, 0.29) is 23.0 Å². The Balaban J connectivity index is 1.52. The maximum Gasteiger partial charge on any atom is 0.407 e. The van der Waals surface area contributed by atoms with Gasteiger partial charge < -0.3 is 20.3 Å². The number of amides is 1. The zero-order chi connectivity index (χ0) is 23.4. The molecule has 7 nitrogen and oxygen atoms in total. The lowest BCUT2D eigenvalue weighted by Gasteiger charge is -2.36. The van der Waals surface area contributed by atoms with Crippen molar-refractivity contribution < 1.29 is 28.2 Å². The molecule has 0 aromatic heterocycles. The maximum absolute atomic E-state index is 13.1. The molecule has 8 heteroatoms. The van der Waals surface area contributed by atoms with E-state index in [4.69, 9.17) is 4.74 Å². The van der Waals surface area contributed by atoms with Gasteiger partial charge in [-0.05, 0) is 47.4 Å². The first-order valence-electron chi connectivity index (χ1n) is 10.6. The predicted octanol–water partition coefficient (Wildman–Crippen LogP) is 3.16. The Bertz CT molecular complexity index is 1210. The summed E-state index contributed by atoms with van der Waals surface area (Å²) in [7, 11) is -3.77. The van der Waals surface area contributed by atoms with Crippen molar-refractivity contribution in [1.29, 1.82) is 0 Å². The number of carbonyl (C=O) groups excluding carboxylic acids is 1. The normalized spacial score (nSPS) is 20.0. The molecule has 172 valence electrons. The van der Waals surface area contributed by atoms with E-state index in [1.165, 1.54) is 24.3 Å². The van der Waals surface area contributed by atoms with Crippen LogP contribution < -0.4 is 5.32 Å². The van der Waals surface area contributed by atoms with Gasteiger partial charge in [-0.3, -0.25) is 0 Å². The van der Waals surface area contributed by atoms with Crippen molar-refractivity contribution in [2.45, 2.75) is 36.0 Å². The van der Waals surface area contributed by atoms with Gasteiger partial charge in [-0.25, -0.2) is 13.2 Å². The summed E-state index contributed by atoms with van der Waals surface area (Å²) in [6, 6.07) is 21.1. The first-order valence-corrected chi connectivity index (χ1v) is 12.2. The number of carbonyl (C=O) groups is 1. The van der Waals surface area contributed by atoms with E-state index in [1.54, 1.807) is 12.1 Å². The Morgan fingerprint density at radius 1 is 0.970 bits per heavy atom. The number of alkyl carbamates (subject to hydrolysis) is 1. The third-order valence-corrected chi connectivity index (χ3v) is 7.62. The van der Waals surface area contributed by atoms with Gasteiger partial charge >= 0.3 is 6.09 Å². The lowest BCUT2D eigenvalue weighted by Crippen LogP contribution is -2.51. The van der Waals surface area contributed by atoms with Gasteiger partial charge in [-0.15, -0.1) is 0 Å². The SMILES string of the molecule is O=C(N[C@@H]1Cc2ccccc2[C@@H](CS(=O)(=O)c2ccc(O)cc2)[C@H]1O)OCc1ccccc1. The van der Waals surface area contributed by atoms with Crippen LogP contribution in [0.3, 0.4) is 0 Å². The monoisotopic (exact) mass is 467 g/mol. The molecule has 33 heavy (non-hydrogen) atoms. The third-order valence-electron chi connectivity index (χ3n) is 5.83. The number of aliphatic hydroxyl groups excluding tert-OH is 1. The molecule has 3 N–H and O–H groups in total. The molecule has 1 amide bonds. The van der Waals surface area contributed by atoms with Crippen LogP contribution in [-0.2, 0) is 27.6 Å². The van der Waals surface area contributed by atoms with E-state index in [1.807, 2.05) is 42.5 Å². The van der Waals surface area contributed by atoms with Gasteiger partial charge in [0, 0.05) is 5.92 Å². The number of aliphatic hydroxyl groups is 1. The second kappa shape index (κ2) is 9.64. The molecule has 3 atom stereocenters. The summed E-state index contributed by atoms with van der Waals surface area (Å²) in [5.41, 5.74) is 2.44. The molecular weight excluding hydrogens is 442 g/mol. The van der Waals surface area contributed by atoms with Crippen LogP contribution in [0.4, 0.5) is 4.79 Å². The van der Waals surface area contributed by atoms with Gasteiger partial charge in [-0.2, -0.15) is 0 Å². The van der Waals surface area contributed by atoms with Crippen LogP contribution in [0.25, 0.3) is 0 Å². The fraction of sp³-hybridized carbons (Fsp3) is 0.240. The molecule has 3 aromatic carbocycles. The van der Waals surface area contributed by atoms with Gasteiger partial charge in [-0.1, -0.05) is 54.6 Å². The average molecular weight is 468 g/mol. The van der Waals surface area contributed by atoms with Crippen molar-refractivity contribution in [3.05, 3.63) is 95.6 Å². The maximum atomic E-state index is 13.1. The quantitative estimate of drug-likeness (QED) is 0.513. The first kappa shape index (κ1) is 22.8. The standard InChI is InChI=1S/C25H25NO6S/c27-19-10-12-20(13-11-19)33(30,31)16-22-21-9-5-4-8-18(21)14-23(24(22)28)26-25(29)32-15-17-6-2-1-3-7-17/h1-13,22-24,27-28H,14-16H2,(H,26,29)/t22-,23-,24-/m1/s1. The van der Waals surface area contributed by atoms with Crippen LogP contribution in [0, 0.1) is 0 Å². The number of phenolic OH excluding ortho intramolecular Hbond substituents is 1. The molecule has 1 aliphatic rings. The van der Waals surface area contributed by atoms with Crippen molar-refractivity contribution in [1.82, 2.24) is 5.32 Å². The number of aromatic hydroxyl groups is 1. The van der Waals surface area contributed by atoms with Crippen LogP contribution in [0.1, 0.15) is 22.6 Å². The van der Waals surface area contributed by atoms with Crippen molar-refractivity contribution in [3.63, 3.8) is 0 Å². The largest absolute Gasteiger partial charge is 0.508 e. The Kier molecular flexibility index (Phi) is 6.67. The number of sulfone groups is 1. The molecule has 1 aliphatic carbocycles. The molecule has 0 radical (unpaired) electrons. The highest BCUT2D eigenvalue weighted by molar-refractivity contribution is 7.91. The minimum Gasteiger partial charge on any atom is -0.508 e. The summed E-state index contributed by atoms with van der Waals surface area (Å²) in [6.45, 7) is 0.0880. The smallest absolute Gasteiger partial charge is 0.407 e. The number of ether oxygens (including phenoxy) is 1. The average Bonchev–Trinajstić information content (AvgIpc) is 2.81. The summed E-state index contributed by atoms with van der Waals surface area (Å²) in [4.78, 5) is 12.5. The van der Waals surface area contributed by atoms with Crippen LogP contribution in [0.2, 0.25) is 0 Å². The summed E-state index contributed by atoms with van der Waals surface area (Å²) >= 11 is 0. The lowest BCUT2D eigenvalue weighted by molar-refractivity contribution is 0.0830. The molecule has 0 spiro atoms. The third kappa shape index (κ3) is 5.35. The van der Waals surface area contributed by atoms with E-state index >= 15 is 0 Å². The Labute approximate surface area is 192 Å². The highest BCUT2D eigenvalue weighted by Crippen LogP contribution is 2.34. The zero-order valence-corrected chi connectivity index (χ0v) is 18.6. The van der Waals surface area contributed by atoms with Gasteiger partial charge in [0.2, 0.25) is 0 Å². The minimum absolute atomic E-state index is 0.0322. The summed E-state index contributed by atoms with van der Waals surface area (Å²) in [6.07, 6.45) is -1.45. The number of benzene rings is 3. The molecule has 0 saturated carbocycles. The fourth-order valence-electron chi connectivity index (χ4n) is 4.13. The van der Waals surface area contributed by atoms with Gasteiger partial charge in [0.25, 0.3) is 0 Å². The summed E-state index contributed by atoms with van der Waals surface area (Å²) in [5.74, 6) is -1.11. The molecular formula is C25H25NO6S. The Morgan fingerprint density at radius 3 is 2.36 bits per heavy atom. The first-order chi connectivity index (χ1) is 15.8. The van der Waals surface area contributed by atoms with Crippen LogP contribution in [0.5, 0.6) is 5.75 Å². The van der Waals surface area contributed by atoms with E-state index in [9.17, 15) is 23.4 Å². The second-order valence-corrected chi connectivity index (χ2v) is 10.1. The summed E-state index contributed by atoms with van der Waals surface area (Å²) < 4.78 is 31.4. The van der Waals surface area contributed by atoms with Gasteiger partial charge in [0.15, 0.2) is 9.84 Å². The van der Waals surface area contributed by atoms with E-state index < -0.39 is 34.0 Å². The van der Waals surface area contributed by atoms with Crippen molar-refractivity contribution >= 4 is 15.9 Å². The number of hydrogen-bond acceptors (Lipinski definition) is 6. The molecule has 0 fully saturated rings. The number of phenols is 1. The molecule has 0 heterocycles. The van der Waals surface area contributed by atoms with Crippen LogP contribution in [0.15, 0.2) is 83.8 Å². The molecule has 0 bridgehead atoms. The van der Waals surface area contributed by atoms with Gasteiger partial charge in [0.05, 0.1) is 22.8 Å². The topological polar surface area (TPSA) is 113 Å². The highest BCUT2D eigenvalue weighted by atomic mass is 32.2. The molecule has 0 saturated heterocycles. The molecule has 0 aliphatic heterocycles. The predicted molar refractivity (Wildman–Crippen MR) is 123 cm³/mol. The van der Waals surface area contributed by atoms with Crippen molar-refractivity contribution in [2.24, 2.45) is 0 Å². The number of fused-ring (bicyclic) bond motifs is 1. The molecule has 0 unspecified atom stereocenters. The number of nitrogens with one attached hydrogen (secondary N) is 1. The van der Waals surface area contributed by atoms with Crippen molar-refractivity contribution in [3.8, 4) is 5.75 Å². The van der Waals surface area contributed by atoms with Crippen LogP contribution in [-0.4, -0.2) is 42.6 Å². The van der Waals surface area contributed by atoms with Crippen molar-refractivity contribution in [2.75, 3.05) is 5.75 Å². The molecule has 4 rings (SSSR count). The highest BCUT2D eigenvalue weighted by Gasteiger charge is 2.39. The zero-order valence-electron chi connectivity index (χ0n) is 17.8. The molecule has 3 aromatic rings. The van der Waals surface area contributed by atoms with E-state index in [0.29, 0.717) is 6.42 Å². The number of hydrogen-bond donors (Lipinski definition) is 3. The Hall–Kier alpha value is -3.36. The van der Waals surface area contributed by atoms with Gasteiger partial charge in [0.1, 0.15) is 12.4 Å². The summed E-state index contributed by atoms with van der Waals surface area (Å²) in [5, 5.41) is 23.3. The number of rotatable bonds is 6. The fourth-order valence-corrected chi connectivity index (χ4v) is 5.72. The van der Waals surface area contributed by atoms with E-state index in [2.05, 4.69) is 5.32 Å². The van der Waals surface area contributed by atoms with Crippen LogP contribution >= 0.6 is 0 Å². The van der Waals surface area contributed by atoms with E-state index in [0.717, 1.165) is 16.7 Å². The Morgan fingerprint density at radius 2 is 1.64 bits per heavy atom. The second-order valence-electron chi connectivity index (χ2n) is 8.09. The minimum atomic E-state index is -3.77. The lowest BCUT2D eigenvalue weighted by atomic mass is 9.79.